The summed E-state index contributed by atoms with van der Waals surface area (Å²) in [5.41, 5.74) is 0. The average molecular weight is 208 g/mol. The summed E-state index contributed by atoms with van der Waals surface area (Å²) in [5.74, 6) is 0.972. The van der Waals surface area contributed by atoms with Crippen LogP contribution in [-0.2, 0) is 0 Å². The average Bonchev–Trinajstić information content (AvgIpc) is 2.59. The largest absolute Gasteiger partial charge is 0.311 e. The molecule has 3 rings (SSSR count). The van der Waals surface area contributed by atoms with Gasteiger partial charge in [-0.25, -0.2) is 0 Å². The number of hydrogen-bond donors (Lipinski definition) is 1. The lowest BCUT2D eigenvalue weighted by molar-refractivity contribution is 0.101. The zero-order valence-corrected chi connectivity index (χ0v) is 9.91. The number of nitrogens with one attached hydrogen (secondary N) is 1. The van der Waals surface area contributed by atoms with Gasteiger partial charge in [-0.05, 0) is 57.5 Å². The Morgan fingerprint density at radius 1 is 0.933 bits per heavy atom. The highest BCUT2D eigenvalue weighted by Gasteiger charge is 2.36. The van der Waals surface area contributed by atoms with Crippen LogP contribution in [0.4, 0.5) is 0 Å². The van der Waals surface area contributed by atoms with Crippen molar-refractivity contribution in [1.82, 2.24) is 10.2 Å². The fourth-order valence-electron chi connectivity index (χ4n) is 3.72. The lowest BCUT2D eigenvalue weighted by Gasteiger charge is -2.41. The third kappa shape index (κ3) is 2.07. The Hall–Kier alpha value is -0.0800. The zero-order valence-electron chi connectivity index (χ0n) is 9.91. The first-order chi connectivity index (χ1) is 7.31. The molecule has 2 bridgehead atoms. The van der Waals surface area contributed by atoms with Gasteiger partial charge in [-0.2, -0.15) is 0 Å². The summed E-state index contributed by atoms with van der Waals surface area (Å²) >= 11 is 0. The van der Waals surface area contributed by atoms with E-state index in [4.69, 9.17) is 0 Å². The highest BCUT2D eigenvalue weighted by atomic mass is 15.2. The molecule has 0 aromatic rings. The molecule has 0 saturated carbocycles. The van der Waals surface area contributed by atoms with Gasteiger partial charge in [0.2, 0.25) is 0 Å². The summed E-state index contributed by atoms with van der Waals surface area (Å²) in [6.45, 7) is 5.14. The van der Waals surface area contributed by atoms with Crippen molar-refractivity contribution in [1.29, 1.82) is 0 Å². The van der Waals surface area contributed by atoms with Gasteiger partial charge in [0.1, 0.15) is 0 Å². The van der Waals surface area contributed by atoms with Crippen LogP contribution in [0.5, 0.6) is 0 Å². The summed E-state index contributed by atoms with van der Waals surface area (Å²) in [5, 5.41) is 3.74. The van der Waals surface area contributed by atoms with Gasteiger partial charge >= 0.3 is 0 Å². The lowest BCUT2D eigenvalue weighted by Crippen LogP contribution is -2.50. The smallest absolute Gasteiger partial charge is 0.0125 e. The topological polar surface area (TPSA) is 15.3 Å². The molecule has 0 aromatic heterocycles. The van der Waals surface area contributed by atoms with E-state index in [2.05, 4.69) is 17.1 Å². The molecule has 3 saturated heterocycles. The van der Waals surface area contributed by atoms with E-state index in [-0.39, 0.29) is 0 Å². The molecule has 3 aliphatic heterocycles. The van der Waals surface area contributed by atoms with E-state index < -0.39 is 0 Å². The standard InChI is InChI=1S/C13H24N2/c1-10-4-6-15(7-5-10)13-8-11-2-3-12(9-13)14-11/h10-14H,2-9H2,1H3/t11-,12+,13-. The molecule has 15 heavy (non-hydrogen) atoms. The number of nitrogens with zero attached hydrogens (tertiary/aromatic N) is 1. The molecule has 0 aliphatic carbocycles. The summed E-state index contributed by atoms with van der Waals surface area (Å²) in [4.78, 5) is 2.78. The van der Waals surface area contributed by atoms with E-state index in [1.54, 1.807) is 0 Å². The summed E-state index contributed by atoms with van der Waals surface area (Å²) in [6, 6.07) is 2.62. The van der Waals surface area contributed by atoms with Gasteiger partial charge in [0, 0.05) is 18.1 Å². The molecule has 1 N–H and O–H groups in total. The van der Waals surface area contributed by atoms with E-state index >= 15 is 0 Å². The monoisotopic (exact) mass is 208 g/mol. The summed E-state index contributed by atoms with van der Waals surface area (Å²) in [6.07, 6.45) is 8.57. The van der Waals surface area contributed by atoms with Crippen molar-refractivity contribution in [3.05, 3.63) is 0 Å². The van der Waals surface area contributed by atoms with Crippen LogP contribution in [0, 0.1) is 5.92 Å². The van der Waals surface area contributed by atoms with Crippen LogP contribution in [0.3, 0.4) is 0 Å². The first kappa shape index (κ1) is 10.1. The Bertz CT molecular complexity index is 209. The maximum atomic E-state index is 3.74. The van der Waals surface area contributed by atoms with Crippen molar-refractivity contribution < 1.29 is 0 Å². The molecule has 0 aromatic carbocycles. The minimum Gasteiger partial charge on any atom is -0.311 e. The van der Waals surface area contributed by atoms with Gasteiger partial charge in [-0.15, -0.1) is 0 Å². The van der Waals surface area contributed by atoms with Gasteiger partial charge < -0.3 is 10.2 Å². The van der Waals surface area contributed by atoms with E-state index in [0.717, 1.165) is 24.0 Å². The van der Waals surface area contributed by atoms with Crippen LogP contribution in [-0.4, -0.2) is 36.1 Å². The van der Waals surface area contributed by atoms with Gasteiger partial charge in [0.05, 0.1) is 0 Å². The minimum atomic E-state index is 0.855. The normalized spacial score (nSPS) is 43.4. The highest BCUT2D eigenvalue weighted by molar-refractivity contribution is 4.96. The van der Waals surface area contributed by atoms with Crippen molar-refractivity contribution >= 4 is 0 Å². The number of piperidine rings is 2. The van der Waals surface area contributed by atoms with Crippen LogP contribution in [0.2, 0.25) is 0 Å². The number of rotatable bonds is 1. The fourth-order valence-corrected chi connectivity index (χ4v) is 3.72. The molecule has 3 heterocycles. The first-order valence-electron chi connectivity index (χ1n) is 6.81. The Morgan fingerprint density at radius 3 is 2.13 bits per heavy atom. The van der Waals surface area contributed by atoms with Crippen LogP contribution in [0.25, 0.3) is 0 Å². The van der Waals surface area contributed by atoms with Crippen LogP contribution in [0.15, 0.2) is 0 Å². The van der Waals surface area contributed by atoms with Crippen molar-refractivity contribution in [3.63, 3.8) is 0 Å². The molecule has 86 valence electrons. The molecule has 0 amide bonds. The molecule has 2 nitrogen and oxygen atoms in total. The molecule has 0 unspecified atom stereocenters. The van der Waals surface area contributed by atoms with Gasteiger partial charge in [0.15, 0.2) is 0 Å². The Balaban J connectivity index is 1.58. The maximum Gasteiger partial charge on any atom is 0.0125 e. The second-order valence-electron chi connectivity index (χ2n) is 5.98. The number of fused-ring (bicyclic) bond motifs is 2. The maximum absolute atomic E-state index is 3.74. The number of likely N-dealkylation sites (tertiary alicyclic amines) is 1. The van der Waals surface area contributed by atoms with Crippen molar-refractivity contribution in [2.24, 2.45) is 5.92 Å². The summed E-state index contributed by atoms with van der Waals surface area (Å²) in [7, 11) is 0. The zero-order chi connectivity index (χ0) is 10.3. The van der Waals surface area contributed by atoms with E-state index in [9.17, 15) is 0 Å². The molecule has 3 fully saturated rings. The van der Waals surface area contributed by atoms with Crippen molar-refractivity contribution in [3.8, 4) is 0 Å². The fraction of sp³-hybridized carbons (Fsp3) is 1.00. The quantitative estimate of drug-likeness (QED) is 0.709. The lowest BCUT2D eigenvalue weighted by atomic mass is 9.93. The molecular formula is C13H24N2. The Labute approximate surface area is 93.4 Å². The molecule has 3 atom stereocenters. The predicted molar refractivity (Wildman–Crippen MR) is 62.9 cm³/mol. The third-order valence-corrected chi connectivity index (χ3v) is 4.78. The van der Waals surface area contributed by atoms with Gasteiger partial charge in [-0.3, -0.25) is 0 Å². The van der Waals surface area contributed by atoms with Crippen molar-refractivity contribution in [2.75, 3.05) is 13.1 Å². The third-order valence-electron chi connectivity index (χ3n) is 4.78. The molecular weight excluding hydrogens is 184 g/mol. The molecule has 0 spiro atoms. The number of hydrogen-bond acceptors (Lipinski definition) is 2. The summed E-state index contributed by atoms with van der Waals surface area (Å²) < 4.78 is 0. The predicted octanol–water partition coefficient (Wildman–Crippen LogP) is 2.00. The molecule has 2 heteroatoms. The van der Waals surface area contributed by atoms with E-state index in [0.29, 0.717) is 0 Å². The second-order valence-corrected chi connectivity index (χ2v) is 5.98. The van der Waals surface area contributed by atoms with Gasteiger partial charge in [0.25, 0.3) is 0 Å². The molecule has 0 radical (unpaired) electrons. The minimum absolute atomic E-state index is 0.855. The van der Waals surface area contributed by atoms with E-state index in [1.165, 1.54) is 51.6 Å². The first-order valence-corrected chi connectivity index (χ1v) is 6.81. The van der Waals surface area contributed by atoms with Crippen LogP contribution < -0.4 is 5.32 Å². The molecule has 3 aliphatic rings. The van der Waals surface area contributed by atoms with Crippen molar-refractivity contribution in [2.45, 2.75) is 63.6 Å². The SMILES string of the molecule is CC1CCN([C@@H]2C[C@H]3CC[C@@H](C2)N3)CC1. The Morgan fingerprint density at radius 2 is 1.53 bits per heavy atom. The second kappa shape index (κ2) is 4.06. The Kier molecular flexibility index (Phi) is 2.73. The van der Waals surface area contributed by atoms with Crippen LogP contribution >= 0.6 is 0 Å². The van der Waals surface area contributed by atoms with E-state index in [1.807, 2.05) is 0 Å². The van der Waals surface area contributed by atoms with Crippen LogP contribution in [0.1, 0.15) is 45.4 Å². The van der Waals surface area contributed by atoms with Gasteiger partial charge in [-0.1, -0.05) is 6.92 Å². The highest BCUT2D eigenvalue weighted by Crippen LogP contribution is 2.31.